The summed E-state index contributed by atoms with van der Waals surface area (Å²) < 4.78 is 1.20. The first kappa shape index (κ1) is 19.7. The van der Waals surface area contributed by atoms with Crippen LogP contribution in [0.3, 0.4) is 0 Å². The third-order valence-corrected chi connectivity index (χ3v) is 4.72. The van der Waals surface area contributed by atoms with Crippen molar-refractivity contribution in [1.82, 2.24) is 4.90 Å². The first-order valence-electron chi connectivity index (χ1n) is 8.95. The van der Waals surface area contributed by atoms with Gasteiger partial charge in [0.1, 0.15) is 6.67 Å². The molecule has 0 spiro atoms. The van der Waals surface area contributed by atoms with Gasteiger partial charge in [0.2, 0.25) is 0 Å². The van der Waals surface area contributed by atoms with E-state index in [1.165, 1.54) is 55.5 Å². The lowest BCUT2D eigenvalue weighted by atomic mass is 9.72. The molecule has 1 aliphatic heterocycles. The van der Waals surface area contributed by atoms with Gasteiger partial charge in [-0.2, -0.15) is 0 Å². The molecule has 0 aliphatic carbocycles. The minimum Gasteiger partial charge on any atom is -0.313 e. The summed E-state index contributed by atoms with van der Waals surface area (Å²) in [6.07, 6.45) is 5.04. The number of allylic oxidation sites excluding steroid dienone is 1. The molecule has 0 amide bonds. The molecule has 1 fully saturated rings. The number of hydrogen-bond donors (Lipinski definition) is 0. The molecule has 0 saturated carbocycles. The number of likely N-dealkylation sites (tertiary alicyclic amines) is 1. The van der Waals surface area contributed by atoms with E-state index in [1.807, 2.05) is 0 Å². The lowest BCUT2D eigenvalue weighted by molar-refractivity contribution is -0.908. The molecule has 2 unspecified atom stereocenters. The molecule has 0 bridgehead atoms. The maximum Gasteiger partial charge on any atom is 0.134 e. The van der Waals surface area contributed by atoms with Crippen molar-refractivity contribution >= 4 is 0 Å². The summed E-state index contributed by atoms with van der Waals surface area (Å²) >= 11 is 0. The van der Waals surface area contributed by atoms with Crippen molar-refractivity contribution in [3.05, 3.63) is 12.2 Å². The van der Waals surface area contributed by atoms with Crippen LogP contribution in [0.5, 0.6) is 0 Å². The summed E-state index contributed by atoms with van der Waals surface area (Å²) in [6, 6.07) is 0. The maximum atomic E-state index is 4.42. The Bertz CT molecular complexity index is 376. The van der Waals surface area contributed by atoms with Crippen molar-refractivity contribution in [2.24, 2.45) is 16.7 Å². The van der Waals surface area contributed by atoms with E-state index in [0.717, 1.165) is 5.92 Å². The summed E-state index contributed by atoms with van der Waals surface area (Å²) in [7, 11) is 6.78. The highest BCUT2D eigenvalue weighted by Gasteiger charge is 2.35. The molecule has 2 atom stereocenters. The Morgan fingerprint density at radius 2 is 1.77 bits per heavy atom. The van der Waals surface area contributed by atoms with Gasteiger partial charge in [-0.05, 0) is 44.2 Å². The fourth-order valence-corrected chi connectivity index (χ4v) is 4.93. The Kier molecular flexibility index (Phi) is 6.31. The van der Waals surface area contributed by atoms with Crippen LogP contribution in [-0.4, -0.2) is 50.3 Å². The SMILES string of the molecule is C=C(CC1CC[N+](C)(CN(C)C)C1)CC(C)(C)CC(C)(C)C. The normalized spacial score (nSPS) is 26.7. The molecule has 0 aromatic rings. The first-order valence-corrected chi connectivity index (χ1v) is 8.95. The monoisotopic (exact) mass is 309 g/mol. The smallest absolute Gasteiger partial charge is 0.134 e. The molecule has 1 rings (SSSR count). The van der Waals surface area contributed by atoms with Gasteiger partial charge in [0.25, 0.3) is 0 Å². The average molecular weight is 310 g/mol. The second-order valence-corrected chi connectivity index (χ2v) is 10.4. The van der Waals surface area contributed by atoms with Crippen LogP contribution in [-0.2, 0) is 0 Å². The number of hydrogen-bond acceptors (Lipinski definition) is 1. The van der Waals surface area contributed by atoms with Crippen molar-refractivity contribution in [1.29, 1.82) is 0 Å². The van der Waals surface area contributed by atoms with E-state index in [1.54, 1.807) is 0 Å². The minimum absolute atomic E-state index is 0.371. The van der Waals surface area contributed by atoms with Crippen LogP contribution >= 0.6 is 0 Å². The third-order valence-electron chi connectivity index (χ3n) is 4.72. The van der Waals surface area contributed by atoms with Gasteiger partial charge in [0.05, 0.1) is 20.1 Å². The van der Waals surface area contributed by atoms with Gasteiger partial charge in [0.15, 0.2) is 0 Å². The zero-order valence-corrected chi connectivity index (χ0v) is 16.6. The Morgan fingerprint density at radius 1 is 1.18 bits per heavy atom. The lowest BCUT2D eigenvalue weighted by Gasteiger charge is -2.34. The third kappa shape index (κ3) is 7.28. The number of nitrogens with zero attached hydrogens (tertiary/aromatic N) is 2. The molecule has 0 N–H and O–H groups in total. The van der Waals surface area contributed by atoms with E-state index in [2.05, 4.69) is 67.2 Å². The Balaban J connectivity index is 2.47. The first-order chi connectivity index (χ1) is 9.80. The second kappa shape index (κ2) is 7.05. The molecule has 0 radical (unpaired) electrons. The Hall–Kier alpha value is -0.340. The van der Waals surface area contributed by atoms with Crippen LogP contribution in [0.1, 0.15) is 60.3 Å². The number of quaternary nitrogens is 1. The fraction of sp³-hybridized carbons (Fsp3) is 0.900. The van der Waals surface area contributed by atoms with E-state index in [0.29, 0.717) is 10.8 Å². The molecule has 1 heterocycles. The van der Waals surface area contributed by atoms with Crippen LogP contribution in [0.2, 0.25) is 0 Å². The summed E-state index contributed by atoms with van der Waals surface area (Å²) in [5, 5.41) is 0. The highest BCUT2D eigenvalue weighted by Crippen LogP contribution is 2.39. The van der Waals surface area contributed by atoms with E-state index in [-0.39, 0.29) is 0 Å². The van der Waals surface area contributed by atoms with E-state index < -0.39 is 0 Å². The lowest BCUT2D eigenvalue weighted by Crippen LogP contribution is -2.47. The van der Waals surface area contributed by atoms with Crippen LogP contribution in [0, 0.1) is 16.7 Å². The second-order valence-electron chi connectivity index (χ2n) is 10.4. The van der Waals surface area contributed by atoms with Gasteiger partial charge >= 0.3 is 0 Å². The molecule has 2 heteroatoms. The Labute approximate surface area is 140 Å². The van der Waals surface area contributed by atoms with Crippen LogP contribution < -0.4 is 0 Å². The molecule has 0 aromatic heterocycles. The van der Waals surface area contributed by atoms with Crippen LogP contribution in [0.15, 0.2) is 12.2 Å². The molecular weight excluding hydrogens is 268 g/mol. The van der Waals surface area contributed by atoms with Gasteiger partial charge in [-0.25, -0.2) is 0 Å². The molecule has 22 heavy (non-hydrogen) atoms. The highest BCUT2D eigenvalue weighted by molar-refractivity contribution is 5.01. The fourth-order valence-electron chi connectivity index (χ4n) is 4.93. The van der Waals surface area contributed by atoms with Gasteiger partial charge in [-0.15, -0.1) is 0 Å². The van der Waals surface area contributed by atoms with Crippen molar-refractivity contribution < 1.29 is 4.48 Å². The topological polar surface area (TPSA) is 3.24 Å². The zero-order chi connectivity index (χ0) is 17.2. The van der Waals surface area contributed by atoms with Gasteiger partial charge in [0, 0.05) is 12.3 Å². The van der Waals surface area contributed by atoms with Gasteiger partial charge in [-0.1, -0.05) is 46.8 Å². The van der Waals surface area contributed by atoms with Gasteiger partial charge < -0.3 is 4.48 Å². The molecule has 1 aliphatic rings. The quantitative estimate of drug-likeness (QED) is 0.483. The summed E-state index contributed by atoms with van der Waals surface area (Å²) in [6.45, 7) is 20.1. The summed E-state index contributed by atoms with van der Waals surface area (Å²) in [5.74, 6) is 0.836. The van der Waals surface area contributed by atoms with Crippen LogP contribution in [0.4, 0.5) is 0 Å². The van der Waals surface area contributed by atoms with Crippen molar-refractivity contribution in [3.63, 3.8) is 0 Å². The highest BCUT2D eigenvalue weighted by atomic mass is 15.4. The van der Waals surface area contributed by atoms with E-state index in [4.69, 9.17) is 0 Å². The predicted molar refractivity (Wildman–Crippen MR) is 98.8 cm³/mol. The molecular formula is C20H41N2+. The maximum absolute atomic E-state index is 4.42. The Morgan fingerprint density at radius 3 is 2.27 bits per heavy atom. The standard InChI is InChI=1S/C20H41N2/c1-17(13-20(5,6)15-19(2,3)4)12-18-10-11-22(9,14-18)16-21(7)8/h18H,1,10-16H2,2-9H3/q+1. The van der Waals surface area contributed by atoms with Crippen LogP contribution in [0.25, 0.3) is 0 Å². The van der Waals surface area contributed by atoms with Crippen molar-refractivity contribution in [2.75, 3.05) is 40.9 Å². The largest absolute Gasteiger partial charge is 0.313 e. The summed E-state index contributed by atoms with van der Waals surface area (Å²) in [5.41, 5.74) is 2.24. The van der Waals surface area contributed by atoms with Crippen molar-refractivity contribution in [3.8, 4) is 0 Å². The molecule has 0 aromatic carbocycles. The molecule has 130 valence electrons. The molecule has 2 nitrogen and oxygen atoms in total. The molecule has 1 saturated heterocycles. The zero-order valence-electron chi connectivity index (χ0n) is 16.6. The van der Waals surface area contributed by atoms with E-state index in [9.17, 15) is 0 Å². The van der Waals surface area contributed by atoms with Crippen molar-refractivity contribution in [2.45, 2.75) is 60.3 Å². The summed E-state index contributed by atoms with van der Waals surface area (Å²) in [4.78, 5) is 2.32. The number of rotatable bonds is 7. The predicted octanol–water partition coefficient (Wildman–Crippen LogP) is 4.77. The average Bonchev–Trinajstić information content (AvgIpc) is 2.52. The van der Waals surface area contributed by atoms with Gasteiger partial charge in [-0.3, -0.25) is 4.90 Å². The van der Waals surface area contributed by atoms with E-state index >= 15 is 0 Å². The minimum atomic E-state index is 0.371.